The Balaban J connectivity index is 2.32. The number of nitrogens with one attached hydrogen (secondary N) is 3. The van der Waals surface area contributed by atoms with Crippen molar-refractivity contribution in [2.45, 2.75) is 45.2 Å². The smallest absolute Gasteiger partial charge is 0.0189 e. The van der Waals surface area contributed by atoms with Crippen LogP contribution in [0, 0.1) is 0 Å². The highest BCUT2D eigenvalue weighted by Crippen LogP contribution is 1.99. The largest absolute Gasteiger partial charge is 0.315 e. The van der Waals surface area contributed by atoms with Crippen molar-refractivity contribution in [3.63, 3.8) is 0 Å². The van der Waals surface area contributed by atoms with Crippen molar-refractivity contribution in [3.8, 4) is 0 Å². The summed E-state index contributed by atoms with van der Waals surface area (Å²) in [5, 5.41) is 10.8. The van der Waals surface area contributed by atoms with Crippen LogP contribution < -0.4 is 16.0 Å². The van der Waals surface area contributed by atoms with Crippen molar-refractivity contribution in [1.29, 1.82) is 0 Å². The van der Waals surface area contributed by atoms with E-state index in [1.54, 1.807) is 0 Å². The Morgan fingerprint density at radius 3 is 2.36 bits per heavy atom. The zero-order valence-electron chi connectivity index (χ0n) is 15.3. The molecular formula is C17H39N5. The molecule has 1 fully saturated rings. The lowest BCUT2D eigenvalue weighted by Gasteiger charge is -2.25. The summed E-state index contributed by atoms with van der Waals surface area (Å²) in [5.41, 5.74) is 0. The molecule has 0 aliphatic carbocycles. The van der Waals surface area contributed by atoms with E-state index in [9.17, 15) is 0 Å². The molecule has 1 aliphatic heterocycles. The normalized spacial score (nSPS) is 30.5. The van der Waals surface area contributed by atoms with Gasteiger partial charge in [-0.15, -0.1) is 0 Å². The molecule has 0 radical (unpaired) electrons. The number of hydrogen-bond donors (Lipinski definition) is 3. The first-order valence-electron chi connectivity index (χ1n) is 9.13. The highest BCUT2D eigenvalue weighted by atomic mass is 15.1. The second kappa shape index (κ2) is 12.3. The number of likely N-dealkylation sites (N-methyl/N-ethyl adjacent to an activating group) is 2. The lowest BCUT2D eigenvalue weighted by molar-refractivity contribution is 0.243. The third kappa shape index (κ3) is 9.74. The highest BCUT2D eigenvalue weighted by molar-refractivity contribution is 4.69. The van der Waals surface area contributed by atoms with Gasteiger partial charge in [0.05, 0.1) is 0 Å². The van der Waals surface area contributed by atoms with Gasteiger partial charge in [-0.05, 0) is 73.4 Å². The van der Waals surface area contributed by atoms with Gasteiger partial charge in [0.25, 0.3) is 0 Å². The first-order valence-corrected chi connectivity index (χ1v) is 9.13. The van der Waals surface area contributed by atoms with Crippen LogP contribution in [0.5, 0.6) is 0 Å². The summed E-state index contributed by atoms with van der Waals surface area (Å²) in [6, 6.07) is 1.18. The van der Waals surface area contributed by atoms with Crippen LogP contribution in [-0.2, 0) is 0 Å². The minimum absolute atomic E-state index is 0.560. The summed E-state index contributed by atoms with van der Waals surface area (Å²) in [6.07, 6.45) is 3.77. The van der Waals surface area contributed by atoms with E-state index in [1.807, 2.05) is 0 Å². The van der Waals surface area contributed by atoms with Crippen LogP contribution in [0.25, 0.3) is 0 Å². The van der Waals surface area contributed by atoms with Crippen molar-refractivity contribution in [2.75, 3.05) is 66.5 Å². The Bertz CT molecular complexity index is 235. The Morgan fingerprint density at radius 2 is 1.55 bits per heavy atom. The average Bonchev–Trinajstić information content (AvgIpc) is 2.49. The number of hydrogen-bond acceptors (Lipinski definition) is 5. The zero-order chi connectivity index (χ0) is 16.2. The maximum Gasteiger partial charge on any atom is 0.0189 e. The van der Waals surface area contributed by atoms with Crippen molar-refractivity contribution >= 4 is 0 Å². The van der Waals surface area contributed by atoms with E-state index in [0.717, 1.165) is 39.3 Å². The number of rotatable bonds is 0. The Kier molecular flexibility index (Phi) is 11.1. The van der Waals surface area contributed by atoms with Crippen molar-refractivity contribution in [1.82, 2.24) is 25.8 Å². The van der Waals surface area contributed by atoms with Crippen molar-refractivity contribution in [3.05, 3.63) is 0 Å². The molecule has 1 heterocycles. The lowest BCUT2D eigenvalue weighted by Crippen LogP contribution is -2.41. The van der Waals surface area contributed by atoms with Gasteiger partial charge in [-0.1, -0.05) is 0 Å². The van der Waals surface area contributed by atoms with E-state index in [0.29, 0.717) is 12.1 Å². The van der Waals surface area contributed by atoms with Crippen LogP contribution in [0.4, 0.5) is 0 Å². The topological polar surface area (TPSA) is 42.6 Å². The van der Waals surface area contributed by atoms with E-state index < -0.39 is 0 Å². The summed E-state index contributed by atoms with van der Waals surface area (Å²) in [4.78, 5) is 4.90. The summed E-state index contributed by atoms with van der Waals surface area (Å²) in [6.45, 7) is 13.6. The second-order valence-electron chi connectivity index (χ2n) is 6.96. The Labute approximate surface area is 138 Å². The van der Waals surface area contributed by atoms with Crippen LogP contribution >= 0.6 is 0 Å². The van der Waals surface area contributed by atoms with Crippen LogP contribution in [0.1, 0.15) is 33.1 Å². The average molecular weight is 314 g/mol. The van der Waals surface area contributed by atoms with Gasteiger partial charge in [0, 0.05) is 38.3 Å². The van der Waals surface area contributed by atoms with Crippen LogP contribution in [0.3, 0.4) is 0 Å². The predicted octanol–water partition coefficient (Wildman–Crippen LogP) is 0.580. The van der Waals surface area contributed by atoms with E-state index in [2.05, 4.69) is 53.7 Å². The van der Waals surface area contributed by atoms with Crippen molar-refractivity contribution < 1.29 is 0 Å². The first-order chi connectivity index (χ1) is 10.6. The molecule has 1 rings (SSSR count). The van der Waals surface area contributed by atoms with Gasteiger partial charge < -0.3 is 25.8 Å². The fourth-order valence-electron chi connectivity index (χ4n) is 2.77. The van der Waals surface area contributed by atoms with Crippen LogP contribution in [0.15, 0.2) is 0 Å². The molecule has 0 aromatic heterocycles. The molecule has 3 N–H and O–H groups in total. The minimum atomic E-state index is 0.560. The summed E-state index contributed by atoms with van der Waals surface area (Å²) < 4.78 is 0. The van der Waals surface area contributed by atoms with Gasteiger partial charge in [0.15, 0.2) is 0 Å². The highest BCUT2D eigenvalue weighted by Gasteiger charge is 2.09. The van der Waals surface area contributed by atoms with Gasteiger partial charge in [0.1, 0.15) is 0 Å². The molecule has 5 heteroatoms. The standard InChI is InChI=1S/C17H39N5/c1-16-14-19-10-13-21(3)11-7-8-18-15-17(2)22(4)12-6-5-9-20-16/h16-20H,5-15H2,1-4H3. The van der Waals surface area contributed by atoms with Gasteiger partial charge in [0.2, 0.25) is 0 Å². The number of nitrogens with zero attached hydrogens (tertiary/aromatic N) is 2. The zero-order valence-corrected chi connectivity index (χ0v) is 15.3. The molecule has 22 heavy (non-hydrogen) atoms. The van der Waals surface area contributed by atoms with Gasteiger partial charge in [-0.25, -0.2) is 0 Å². The van der Waals surface area contributed by atoms with Gasteiger partial charge >= 0.3 is 0 Å². The molecule has 5 nitrogen and oxygen atoms in total. The van der Waals surface area contributed by atoms with Gasteiger partial charge in [-0.2, -0.15) is 0 Å². The molecule has 2 unspecified atom stereocenters. The lowest BCUT2D eigenvalue weighted by atomic mass is 10.2. The molecule has 0 aromatic carbocycles. The predicted molar refractivity (Wildman–Crippen MR) is 96.6 cm³/mol. The first kappa shape index (κ1) is 19.8. The fraction of sp³-hybridized carbons (Fsp3) is 1.00. The molecule has 2 atom stereocenters. The molecule has 0 bridgehead atoms. The molecule has 0 aromatic rings. The molecule has 0 spiro atoms. The van der Waals surface area contributed by atoms with Crippen LogP contribution in [0.2, 0.25) is 0 Å². The summed E-state index contributed by atoms with van der Waals surface area (Å²) in [5.74, 6) is 0. The molecule has 1 saturated heterocycles. The van der Waals surface area contributed by atoms with Gasteiger partial charge in [-0.3, -0.25) is 0 Å². The third-order valence-electron chi connectivity index (χ3n) is 4.64. The molecule has 0 amide bonds. The molecular weight excluding hydrogens is 274 g/mol. The summed E-state index contributed by atoms with van der Waals surface area (Å²) >= 11 is 0. The van der Waals surface area contributed by atoms with Crippen molar-refractivity contribution in [2.24, 2.45) is 0 Å². The SMILES string of the molecule is CC1CNCCN(C)CCCNCC(C)N(C)CCCCN1. The third-order valence-corrected chi connectivity index (χ3v) is 4.64. The quantitative estimate of drug-likeness (QED) is 0.610. The van der Waals surface area contributed by atoms with E-state index in [1.165, 1.54) is 32.4 Å². The fourth-order valence-corrected chi connectivity index (χ4v) is 2.77. The molecule has 1 aliphatic rings. The van der Waals surface area contributed by atoms with E-state index in [4.69, 9.17) is 0 Å². The van der Waals surface area contributed by atoms with E-state index in [-0.39, 0.29) is 0 Å². The minimum Gasteiger partial charge on any atom is -0.315 e. The van der Waals surface area contributed by atoms with E-state index >= 15 is 0 Å². The maximum atomic E-state index is 3.62. The molecule has 0 saturated carbocycles. The Morgan fingerprint density at radius 1 is 0.773 bits per heavy atom. The molecule has 132 valence electrons. The maximum absolute atomic E-state index is 3.62. The summed E-state index contributed by atoms with van der Waals surface area (Å²) in [7, 11) is 4.47. The Hall–Kier alpha value is -0.200. The monoisotopic (exact) mass is 313 g/mol. The van der Waals surface area contributed by atoms with Crippen LogP contribution in [-0.4, -0.2) is 88.3 Å². The second-order valence-corrected chi connectivity index (χ2v) is 6.96.